The minimum atomic E-state index is -0.643. The molecule has 9 nitrogen and oxygen atoms in total. The van der Waals surface area contributed by atoms with Crippen LogP contribution in [0.25, 0.3) is 0 Å². The van der Waals surface area contributed by atoms with E-state index in [-0.39, 0.29) is 34.3 Å². The van der Waals surface area contributed by atoms with E-state index in [0.717, 1.165) is 5.56 Å². The van der Waals surface area contributed by atoms with Gasteiger partial charge in [-0.15, -0.1) is 10.2 Å². The molecule has 2 heterocycles. The van der Waals surface area contributed by atoms with E-state index in [1.165, 1.54) is 23.1 Å². The van der Waals surface area contributed by atoms with Gasteiger partial charge in [0.1, 0.15) is 11.9 Å². The van der Waals surface area contributed by atoms with Crippen LogP contribution in [0.4, 0.5) is 10.8 Å². The number of rotatable bonds is 6. The van der Waals surface area contributed by atoms with Crippen molar-refractivity contribution < 1.29 is 9.59 Å². The molecule has 206 valence electrons. The third kappa shape index (κ3) is 5.70. The van der Waals surface area contributed by atoms with Gasteiger partial charge in [-0.2, -0.15) is 10.5 Å². The number of aromatic nitrogens is 2. The van der Waals surface area contributed by atoms with Crippen molar-refractivity contribution in [3.63, 3.8) is 0 Å². The summed E-state index contributed by atoms with van der Waals surface area (Å²) in [4.78, 5) is 27.9. The second-order valence-corrected chi connectivity index (χ2v) is 13.0. The highest BCUT2D eigenvalue weighted by atomic mass is 35.5. The molecule has 12 heteroatoms. The molecule has 1 unspecified atom stereocenters. The summed E-state index contributed by atoms with van der Waals surface area (Å²) in [5.41, 5.74) is 9.29. The van der Waals surface area contributed by atoms with E-state index < -0.39 is 5.92 Å². The van der Waals surface area contributed by atoms with E-state index in [9.17, 15) is 20.1 Å². The Balaban J connectivity index is 1.46. The molecule has 1 amide bonds. The van der Waals surface area contributed by atoms with Gasteiger partial charge in [-0.05, 0) is 41.7 Å². The zero-order valence-corrected chi connectivity index (χ0v) is 24.5. The van der Waals surface area contributed by atoms with Crippen LogP contribution in [0.2, 0.25) is 5.02 Å². The molecule has 2 aliphatic rings. The predicted octanol–water partition coefficient (Wildman–Crippen LogP) is 5.73. The van der Waals surface area contributed by atoms with E-state index in [1.807, 2.05) is 19.9 Å². The summed E-state index contributed by atoms with van der Waals surface area (Å²) in [5.74, 6) is -0.775. The lowest BCUT2D eigenvalue weighted by Crippen LogP contribution is -2.42. The average molecular weight is 602 g/mol. The maximum Gasteiger partial charge on any atom is 0.234 e. The fourth-order valence-corrected chi connectivity index (χ4v) is 6.98. The molecule has 1 aliphatic carbocycles. The van der Waals surface area contributed by atoms with Crippen LogP contribution >= 0.6 is 34.7 Å². The molecular formula is C29H24ClN7O2S2. The SMILES string of the molecule is CC1(C)CC(=O)C2=C(C1)N(c1nnc(SCC(=O)Nc3ccccc3C#N)s1)C(N)=C(C#N)C2c1cccc(Cl)c1. The normalized spacial score (nSPS) is 18.0. The van der Waals surface area contributed by atoms with E-state index in [4.69, 9.17) is 17.3 Å². The van der Waals surface area contributed by atoms with Crippen molar-refractivity contribution in [1.82, 2.24) is 10.2 Å². The van der Waals surface area contributed by atoms with Crippen molar-refractivity contribution in [1.29, 1.82) is 10.5 Å². The Morgan fingerprint density at radius 1 is 1.20 bits per heavy atom. The second kappa shape index (κ2) is 11.4. The highest BCUT2D eigenvalue weighted by molar-refractivity contribution is 8.01. The molecule has 0 saturated carbocycles. The number of nitriles is 2. The average Bonchev–Trinajstić information content (AvgIpc) is 3.39. The van der Waals surface area contributed by atoms with Crippen molar-refractivity contribution in [2.24, 2.45) is 11.1 Å². The number of amides is 1. The smallest absolute Gasteiger partial charge is 0.234 e. The van der Waals surface area contributed by atoms with Gasteiger partial charge in [0.2, 0.25) is 11.0 Å². The first-order chi connectivity index (χ1) is 19.6. The number of hydrogen-bond donors (Lipinski definition) is 2. The molecule has 0 bridgehead atoms. The number of halogens is 1. The predicted molar refractivity (Wildman–Crippen MR) is 159 cm³/mol. The topological polar surface area (TPSA) is 149 Å². The van der Waals surface area contributed by atoms with E-state index in [1.54, 1.807) is 47.4 Å². The number of nitrogens with zero attached hydrogens (tertiary/aromatic N) is 5. The Hall–Kier alpha value is -4.16. The molecule has 0 saturated heterocycles. The largest absolute Gasteiger partial charge is 0.384 e. The van der Waals surface area contributed by atoms with Crippen LogP contribution in [-0.2, 0) is 9.59 Å². The Morgan fingerprint density at radius 2 is 1.98 bits per heavy atom. The number of thioether (sulfide) groups is 1. The number of hydrogen-bond acceptors (Lipinski definition) is 10. The van der Waals surface area contributed by atoms with Gasteiger partial charge in [-0.25, -0.2) is 0 Å². The van der Waals surface area contributed by atoms with Crippen molar-refractivity contribution in [2.75, 3.05) is 16.0 Å². The summed E-state index contributed by atoms with van der Waals surface area (Å²) >= 11 is 8.68. The number of nitrogens with two attached hydrogens (primary N) is 1. The molecule has 2 aromatic carbocycles. The maximum atomic E-state index is 13.6. The van der Waals surface area contributed by atoms with Crippen molar-refractivity contribution in [3.8, 4) is 12.1 Å². The number of allylic oxidation sites excluding steroid dienone is 3. The number of carbonyl (C=O) groups is 2. The van der Waals surface area contributed by atoms with Gasteiger partial charge in [-0.3, -0.25) is 14.5 Å². The fraction of sp³-hybridized carbons (Fsp3) is 0.241. The number of benzene rings is 2. The van der Waals surface area contributed by atoms with Gasteiger partial charge in [0.05, 0.1) is 34.6 Å². The van der Waals surface area contributed by atoms with Crippen LogP contribution in [0.1, 0.15) is 43.7 Å². The number of ketones is 1. The molecule has 3 N–H and O–H groups in total. The van der Waals surface area contributed by atoms with E-state index >= 15 is 0 Å². The van der Waals surface area contributed by atoms with Gasteiger partial charge >= 0.3 is 0 Å². The first kappa shape index (κ1) is 28.4. The van der Waals surface area contributed by atoms with Gasteiger partial charge < -0.3 is 11.1 Å². The molecule has 41 heavy (non-hydrogen) atoms. The van der Waals surface area contributed by atoms with Gasteiger partial charge in [0, 0.05) is 22.7 Å². The molecule has 3 aromatic rings. The van der Waals surface area contributed by atoms with Crippen LogP contribution in [0.15, 0.2) is 75.5 Å². The highest BCUT2D eigenvalue weighted by Gasteiger charge is 2.45. The lowest BCUT2D eigenvalue weighted by Gasteiger charge is -2.42. The minimum Gasteiger partial charge on any atom is -0.384 e. The molecule has 0 fully saturated rings. The Kier molecular flexibility index (Phi) is 7.87. The molecular weight excluding hydrogens is 578 g/mol. The van der Waals surface area contributed by atoms with Gasteiger partial charge in [-0.1, -0.05) is 72.8 Å². The van der Waals surface area contributed by atoms with Crippen molar-refractivity contribution in [2.45, 2.75) is 36.9 Å². The zero-order chi connectivity index (χ0) is 29.3. The zero-order valence-electron chi connectivity index (χ0n) is 22.1. The molecule has 1 aliphatic heterocycles. The van der Waals surface area contributed by atoms with Crippen LogP contribution in [0.5, 0.6) is 0 Å². The summed E-state index contributed by atoms with van der Waals surface area (Å²) in [6.07, 6.45) is 0.865. The van der Waals surface area contributed by atoms with Crippen molar-refractivity contribution in [3.05, 3.63) is 87.3 Å². The molecule has 1 aromatic heterocycles. The van der Waals surface area contributed by atoms with Crippen molar-refractivity contribution >= 4 is 57.2 Å². The highest BCUT2D eigenvalue weighted by Crippen LogP contribution is 2.50. The summed E-state index contributed by atoms with van der Waals surface area (Å²) < 4.78 is 0.510. The minimum absolute atomic E-state index is 0.0411. The molecule has 0 radical (unpaired) electrons. The fourth-order valence-electron chi connectivity index (χ4n) is 5.10. The molecule has 1 atom stereocenters. The first-order valence-corrected chi connectivity index (χ1v) is 14.8. The number of carbonyl (C=O) groups excluding carboxylic acids is 2. The number of anilines is 2. The first-order valence-electron chi connectivity index (χ1n) is 12.6. The van der Waals surface area contributed by atoms with Crippen LogP contribution in [0.3, 0.4) is 0 Å². The summed E-state index contributed by atoms with van der Waals surface area (Å²) in [7, 11) is 0. The third-order valence-electron chi connectivity index (χ3n) is 6.80. The standard InChI is InChI=1S/C29H24ClN7O2S2/c1-29(2)11-21-25(22(38)12-29)24(16-7-5-8-18(30)10-16)19(14-32)26(33)37(21)27-35-36-28(41-27)40-15-23(39)34-20-9-4-3-6-17(20)13-31/h3-10,24H,11-12,15,33H2,1-2H3,(H,34,39). The Bertz CT molecular complexity index is 1710. The third-order valence-corrected chi connectivity index (χ3v) is 9.08. The quantitative estimate of drug-likeness (QED) is 0.337. The Morgan fingerprint density at radius 3 is 2.71 bits per heavy atom. The van der Waals surface area contributed by atoms with Gasteiger partial charge in [0.15, 0.2) is 10.1 Å². The van der Waals surface area contributed by atoms with E-state index in [2.05, 4.69) is 27.7 Å². The van der Waals surface area contributed by atoms with Gasteiger partial charge in [0.25, 0.3) is 0 Å². The maximum absolute atomic E-state index is 13.6. The van der Waals surface area contributed by atoms with Crippen LogP contribution < -0.4 is 16.0 Å². The number of nitrogens with one attached hydrogen (secondary N) is 1. The summed E-state index contributed by atoms with van der Waals surface area (Å²) in [6.45, 7) is 4.04. The van der Waals surface area contributed by atoms with Crippen LogP contribution in [-0.4, -0.2) is 27.6 Å². The molecule has 5 rings (SSSR count). The second-order valence-electron chi connectivity index (χ2n) is 10.4. The lowest BCUT2D eigenvalue weighted by atomic mass is 9.69. The lowest BCUT2D eigenvalue weighted by molar-refractivity contribution is -0.118. The number of Topliss-reactive ketones (excluding diaryl/α,β-unsaturated/α-hetero) is 1. The van der Waals surface area contributed by atoms with E-state index in [0.29, 0.717) is 49.9 Å². The monoisotopic (exact) mass is 601 g/mol. The van der Waals surface area contributed by atoms with Crippen LogP contribution in [0, 0.1) is 28.1 Å². The molecule has 0 spiro atoms. The summed E-state index contributed by atoms with van der Waals surface area (Å²) in [5, 5.41) is 31.7. The Labute approximate surface area is 250 Å². The summed E-state index contributed by atoms with van der Waals surface area (Å²) in [6, 6.07) is 18.2. The number of para-hydroxylation sites is 1.